The molecule has 13 heteroatoms. The van der Waals surface area contributed by atoms with E-state index in [1.54, 1.807) is 26.9 Å². The summed E-state index contributed by atoms with van der Waals surface area (Å²) in [5.74, 6) is -0.130. The molecule has 9 nitrogen and oxygen atoms in total. The molecule has 0 bridgehead atoms. The Morgan fingerprint density at radius 3 is 2.57 bits per heavy atom. The van der Waals surface area contributed by atoms with Crippen molar-refractivity contribution in [3.05, 3.63) is 121 Å². The van der Waals surface area contributed by atoms with Gasteiger partial charge in [0, 0.05) is 70.6 Å². The van der Waals surface area contributed by atoms with Gasteiger partial charge in [0.05, 0.1) is 29.7 Å². The molecule has 1 unspecified atom stereocenters. The number of nitrogens with zero attached hydrogens (tertiary/aromatic N) is 7. The number of benzene rings is 2. The van der Waals surface area contributed by atoms with Crippen molar-refractivity contribution in [2.75, 3.05) is 0 Å². The SMILES string of the molecule is CC1=C(c2cc(-n3c(=O)c4c(n5ncc(Cc6ccccc6)c35)CN(C(=O)c3ccc(Br)c(C(F)(F)F)c3)C(C)C4)nn2C)CC=N1. The average molecular weight is 705 g/mol. The first-order chi connectivity index (χ1) is 22.4. The van der Waals surface area contributed by atoms with Crippen LogP contribution in [-0.2, 0) is 32.6 Å². The van der Waals surface area contributed by atoms with Crippen molar-refractivity contribution in [2.45, 2.75) is 51.9 Å². The van der Waals surface area contributed by atoms with E-state index in [-0.39, 0.29) is 28.6 Å². The van der Waals surface area contributed by atoms with E-state index < -0.39 is 23.7 Å². The maximum atomic E-state index is 14.5. The fourth-order valence-electron chi connectivity index (χ4n) is 6.48. The molecule has 0 N–H and O–H groups in total. The summed E-state index contributed by atoms with van der Waals surface area (Å²) in [7, 11) is 1.83. The van der Waals surface area contributed by atoms with Crippen LogP contribution >= 0.6 is 15.9 Å². The maximum Gasteiger partial charge on any atom is 0.417 e. The molecule has 3 aromatic heterocycles. The Kier molecular flexibility index (Phi) is 7.53. The first-order valence-corrected chi connectivity index (χ1v) is 15.8. The Morgan fingerprint density at radius 2 is 1.87 bits per heavy atom. The monoisotopic (exact) mass is 703 g/mol. The molecule has 7 rings (SSSR count). The number of allylic oxidation sites excluding steroid dienone is 2. The van der Waals surface area contributed by atoms with E-state index in [2.05, 4.69) is 20.9 Å². The number of fused-ring (bicyclic) bond motifs is 3. The zero-order valence-electron chi connectivity index (χ0n) is 25.7. The molecule has 240 valence electrons. The fraction of sp³-hybridized carbons (Fsp3) is 0.265. The van der Waals surface area contributed by atoms with Crippen LogP contribution in [0.4, 0.5) is 13.2 Å². The van der Waals surface area contributed by atoms with Crippen molar-refractivity contribution < 1.29 is 18.0 Å². The van der Waals surface area contributed by atoms with E-state index in [1.807, 2.05) is 56.6 Å². The summed E-state index contributed by atoms with van der Waals surface area (Å²) in [6.45, 7) is 3.72. The molecule has 0 spiro atoms. The minimum Gasteiger partial charge on any atom is -0.330 e. The number of aliphatic imine (C=N–C) groups is 1. The Labute approximate surface area is 275 Å². The third-order valence-electron chi connectivity index (χ3n) is 8.88. The second-order valence-electron chi connectivity index (χ2n) is 11.9. The lowest BCUT2D eigenvalue weighted by atomic mass is 9.98. The molecule has 2 aromatic carbocycles. The second kappa shape index (κ2) is 11.5. The number of carbonyl (C=O) groups is 1. The molecule has 0 fully saturated rings. The number of hydrogen-bond donors (Lipinski definition) is 0. The van der Waals surface area contributed by atoms with Gasteiger partial charge in [0.2, 0.25) is 0 Å². The highest BCUT2D eigenvalue weighted by Gasteiger charge is 2.37. The van der Waals surface area contributed by atoms with E-state index in [0.29, 0.717) is 35.6 Å². The average Bonchev–Trinajstić information content (AvgIpc) is 3.75. The molecule has 2 aliphatic rings. The Balaban J connectivity index is 1.38. The van der Waals surface area contributed by atoms with E-state index in [4.69, 9.17) is 10.2 Å². The van der Waals surface area contributed by atoms with Gasteiger partial charge in [0.25, 0.3) is 11.5 Å². The standard InChI is InChI=1S/C34H29BrF3N7O2/c1-19-13-25-29(18-43(19)32(46)22-9-10-27(35)26(15-22)34(36,37)38)45-31(23(17-40-45)14-21-7-5-4-6-8-21)44(33(25)47)30-16-28(42(3)41-30)24-11-12-39-20(24)2/h4-10,12,15-17,19H,11,13-14,18H2,1-3H3. The summed E-state index contributed by atoms with van der Waals surface area (Å²) in [4.78, 5) is 34.2. The van der Waals surface area contributed by atoms with Gasteiger partial charge in [0.1, 0.15) is 5.65 Å². The van der Waals surface area contributed by atoms with Crippen molar-refractivity contribution in [2.24, 2.45) is 12.0 Å². The van der Waals surface area contributed by atoms with Gasteiger partial charge in [-0.2, -0.15) is 23.4 Å². The highest BCUT2D eigenvalue weighted by atomic mass is 79.9. The molecule has 0 saturated carbocycles. The van der Waals surface area contributed by atoms with Gasteiger partial charge in [-0.1, -0.05) is 46.3 Å². The molecule has 2 aliphatic heterocycles. The van der Waals surface area contributed by atoms with Crippen LogP contribution in [0.1, 0.15) is 64.3 Å². The van der Waals surface area contributed by atoms with Crippen molar-refractivity contribution >= 4 is 39.3 Å². The van der Waals surface area contributed by atoms with Gasteiger partial charge in [-0.05, 0) is 44.0 Å². The Bertz CT molecular complexity index is 2190. The smallest absolute Gasteiger partial charge is 0.330 e. The number of halogens is 4. The van der Waals surface area contributed by atoms with Crippen LogP contribution in [-0.4, -0.2) is 47.0 Å². The van der Waals surface area contributed by atoms with Crippen molar-refractivity contribution in [3.63, 3.8) is 0 Å². The number of aryl methyl sites for hydroxylation is 1. The number of carbonyl (C=O) groups excluding carboxylic acids is 1. The topological polar surface area (TPSA) is 89.8 Å². The van der Waals surface area contributed by atoms with Crippen molar-refractivity contribution in [3.8, 4) is 5.82 Å². The lowest BCUT2D eigenvalue weighted by molar-refractivity contribution is -0.138. The predicted octanol–water partition coefficient (Wildman–Crippen LogP) is 6.38. The molecule has 1 amide bonds. The van der Waals surface area contributed by atoms with Crippen molar-refractivity contribution in [1.29, 1.82) is 0 Å². The first-order valence-electron chi connectivity index (χ1n) is 15.0. The van der Waals surface area contributed by atoms with Crippen LogP contribution in [0.5, 0.6) is 0 Å². The molecule has 0 radical (unpaired) electrons. The summed E-state index contributed by atoms with van der Waals surface area (Å²) in [6, 6.07) is 14.7. The Morgan fingerprint density at radius 1 is 1.11 bits per heavy atom. The van der Waals surface area contributed by atoms with Crippen molar-refractivity contribution in [1.82, 2.24) is 28.9 Å². The van der Waals surface area contributed by atoms with Gasteiger partial charge in [-0.3, -0.25) is 19.3 Å². The van der Waals surface area contributed by atoms with Gasteiger partial charge in [-0.15, -0.1) is 0 Å². The molecule has 0 saturated heterocycles. The van der Waals surface area contributed by atoms with Crippen LogP contribution in [0.2, 0.25) is 0 Å². The van der Waals surface area contributed by atoms with Crippen LogP contribution in [0.15, 0.2) is 80.8 Å². The molecule has 0 aliphatic carbocycles. The highest BCUT2D eigenvalue weighted by Crippen LogP contribution is 2.36. The Hall–Kier alpha value is -4.78. The lowest BCUT2D eigenvalue weighted by Gasteiger charge is -2.35. The minimum atomic E-state index is -4.64. The van der Waals surface area contributed by atoms with E-state index in [9.17, 15) is 22.8 Å². The first kappa shape index (κ1) is 30.9. The quantitative estimate of drug-likeness (QED) is 0.213. The number of alkyl halides is 3. The minimum absolute atomic E-state index is 0.0112. The zero-order valence-corrected chi connectivity index (χ0v) is 27.3. The predicted molar refractivity (Wildman–Crippen MR) is 175 cm³/mol. The van der Waals surface area contributed by atoms with Crippen LogP contribution in [0, 0.1) is 0 Å². The zero-order chi connectivity index (χ0) is 33.2. The summed E-state index contributed by atoms with van der Waals surface area (Å²) < 4.78 is 45.9. The van der Waals surface area contributed by atoms with E-state index in [0.717, 1.165) is 34.2 Å². The summed E-state index contributed by atoms with van der Waals surface area (Å²) in [5.41, 5.74) is 4.77. The second-order valence-corrected chi connectivity index (χ2v) is 12.8. The fourth-order valence-corrected chi connectivity index (χ4v) is 6.96. The normalized spacial score (nSPS) is 16.4. The molecule has 1 atom stereocenters. The molecule has 47 heavy (non-hydrogen) atoms. The molecular weight excluding hydrogens is 675 g/mol. The highest BCUT2D eigenvalue weighted by molar-refractivity contribution is 9.10. The van der Waals surface area contributed by atoms with Crippen LogP contribution in [0.25, 0.3) is 17.0 Å². The number of hydrogen-bond acceptors (Lipinski definition) is 5. The van der Waals surface area contributed by atoms with Gasteiger partial charge in [0.15, 0.2) is 5.82 Å². The third-order valence-corrected chi connectivity index (χ3v) is 9.58. The third kappa shape index (κ3) is 5.32. The summed E-state index contributed by atoms with van der Waals surface area (Å²) >= 11 is 2.95. The van der Waals surface area contributed by atoms with Crippen LogP contribution in [0.3, 0.4) is 0 Å². The van der Waals surface area contributed by atoms with Gasteiger partial charge >= 0.3 is 6.18 Å². The molecule has 5 aromatic rings. The van der Waals surface area contributed by atoms with Crippen LogP contribution < -0.4 is 5.56 Å². The summed E-state index contributed by atoms with van der Waals surface area (Å²) in [5, 5.41) is 9.50. The lowest BCUT2D eigenvalue weighted by Crippen LogP contribution is -2.46. The summed E-state index contributed by atoms with van der Waals surface area (Å²) in [6.07, 6.45) is 0.261. The number of amides is 1. The van der Waals surface area contributed by atoms with E-state index >= 15 is 0 Å². The largest absolute Gasteiger partial charge is 0.417 e. The van der Waals surface area contributed by atoms with E-state index in [1.165, 1.54) is 17.0 Å². The number of aromatic nitrogens is 5. The van der Waals surface area contributed by atoms with Gasteiger partial charge < -0.3 is 4.90 Å². The molecular formula is C34H29BrF3N7O2. The van der Waals surface area contributed by atoms with Gasteiger partial charge in [-0.25, -0.2) is 9.08 Å². The molecule has 5 heterocycles. The maximum absolute atomic E-state index is 14.5. The number of rotatable bonds is 5.